The first-order chi connectivity index (χ1) is 30.9. The van der Waals surface area contributed by atoms with E-state index in [2.05, 4.69) is 13.8 Å². The van der Waals surface area contributed by atoms with Crippen LogP contribution in [0.15, 0.2) is 0 Å². The van der Waals surface area contributed by atoms with Gasteiger partial charge < -0.3 is 39.2 Å². The number of hydrogen-bond acceptors (Lipinski definition) is 13. The smallest absolute Gasteiger partial charge is 0.463 e. The molecule has 0 aromatic heterocycles. The number of carbonyl (C=O) groups is 3. The average molecular weight is 960 g/mol. The Kier molecular flexibility index (Phi) is 43.0. The molecule has 4 N–H and O–H groups in total. The molecule has 1 aliphatic heterocycles. The second-order valence-electron chi connectivity index (χ2n) is 18.1. The van der Waals surface area contributed by atoms with Crippen molar-refractivity contribution >= 4 is 55.3 Å². The predicted molar refractivity (Wildman–Crippen MR) is 255 cm³/mol. The summed E-state index contributed by atoms with van der Waals surface area (Å²) in [5.74, 6) is -1.76. The standard InChI is InChI=1S/C49H93O14P.Na/c1-4-6-8-10-12-14-16-18-20-21-23-25-27-29-31-33-35-37-45(52)61-42(38-59-44(51)36-34-32-30-28-26-24-22-19-17-15-13-11-9-7-5-2)39-60-64(56,57)63-49-48(55)47(54)46(53)43(62-49)40-58-41(3)50;/h42-43,46-49,53-55H,4-40H2,1-3H3,(H,56,57);/t42-,43-,46-,47+,48-,49+;/m1./s1. The fourth-order valence-electron chi connectivity index (χ4n) is 7.93. The summed E-state index contributed by atoms with van der Waals surface area (Å²) in [4.78, 5) is 47.3. The molecule has 0 bridgehead atoms. The van der Waals surface area contributed by atoms with Gasteiger partial charge in [-0.15, -0.1) is 0 Å². The van der Waals surface area contributed by atoms with Crippen molar-refractivity contribution in [3.05, 3.63) is 0 Å². The van der Waals surface area contributed by atoms with Gasteiger partial charge in [-0.05, 0) is 12.8 Å². The molecule has 0 aromatic rings. The Hall–Kier alpha value is -0.640. The number of phosphoric acid groups is 1. The summed E-state index contributed by atoms with van der Waals surface area (Å²) in [6.07, 6.45) is 28.9. The number of hydrogen-bond donors (Lipinski definition) is 4. The number of ether oxygens (including phenoxy) is 4. The third kappa shape index (κ3) is 36.9. The molecule has 1 aliphatic rings. The molecule has 65 heavy (non-hydrogen) atoms. The first-order valence-corrected chi connectivity index (χ1v) is 27.2. The Balaban J connectivity index is 0.0000410. The second kappa shape index (κ2) is 43.4. The average Bonchev–Trinajstić information content (AvgIpc) is 3.26. The maximum atomic E-state index is 13.0. The summed E-state index contributed by atoms with van der Waals surface area (Å²) in [6.45, 7) is 3.97. The molecule has 1 radical (unpaired) electrons. The molecule has 0 aliphatic carbocycles. The van der Waals surface area contributed by atoms with Crippen molar-refractivity contribution in [1.82, 2.24) is 0 Å². The summed E-state index contributed by atoms with van der Waals surface area (Å²) in [5, 5.41) is 30.9. The summed E-state index contributed by atoms with van der Waals surface area (Å²) >= 11 is 0. The monoisotopic (exact) mass is 960 g/mol. The van der Waals surface area contributed by atoms with Gasteiger partial charge in [-0.25, -0.2) is 4.57 Å². The van der Waals surface area contributed by atoms with Crippen LogP contribution in [-0.4, -0.2) is 124 Å². The number of esters is 3. The van der Waals surface area contributed by atoms with Crippen molar-refractivity contribution in [2.75, 3.05) is 19.8 Å². The van der Waals surface area contributed by atoms with Gasteiger partial charge in [-0.3, -0.25) is 23.4 Å². The van der Waals surface area contributed by atoms with Crippen LogP contribution in [0.2, 0.25) is 0 Å². The van der Waals surface area contributed by atoms with Crippen LogP contribution in [0.3, 0.4) is 0 Å². The van der Waals surface area contributed by atoms with Gasteiger partial charge in [0.1, 0.15) is 37.6 Å². The van der Waals surface area contributed by atoms with Gasteiger partial charge in [0, 0.05) is 49.3 Å². The molecule has 1 rings (SSSR count). The van der Waals surface area contributed by atoms with E-state index in [1.807, 2.05) is 0 Å². The van der Waals surface area contributed by atoms with Crippen LogP contribution < -0.4 is 0 Å². The molecule has 16 heteroatoms. The summed E-state index contributed by atoms with van der Waals surface area (Å²) in [6, 6.07) is 0. The van der Waals surface area contributed by atoms with Crippen LogP contribution in [0, 0.1) is 0 Å². The van der Waals surface area contributed by atoms with Crippen molar-refractivity contribution in [3.63, 3.8) is 0 Å². The van der Waals surface area contributed by atoms with Crippen LogP contribution in [0.4, 0.5) is 0 Å². The Morgan fingerprint density at radius 1 is 0.523 bits per heavy atom. The minimum absolute atomic E-state index is 0. The van der Waals surface area contributed by atoms with Gasteiger partial charge in [0.15, 0.2) is 12.4 Å². The molecular weight excluding hydrogens is 866 g/mol. The summed E-state index contributed by atoms with van der Waals surface area (Å²) < 4.78 is 44.1. The van der Waals surface area contributed by atoms with E-state index >= 15 is 0 Å². The van der Waals surface area contributed by atoms with Gasteiger partial charge in [-0.1, -0.05) is 206 Å². The third-order valence-corrected chi connectivity index (χ3v) is 12.9. The third-order valence-electron chi connectivity index (χ3n) is 12.0. The van der Waals surface area contributed by atoms with Gasteiger partial charge in [0.05, 0.1) is 6.61 Å². The van der Waals surface area contributed by atoms with E-state index in [9.17, 15) is 39.2 Å². The van der Waals surface area contributed by atoms with Crippen molar-refractivity contribution in [2.24, 2.45) is 0 Å². The van der Waals surface area contributed by atoms with Crippen LogP contribution in [0.5, 0.6) is 0 Å². The van der Waals surface area contributed by atoms with Crippen LogP contribution in [-0.2, 0) is 46.9 Å². The number of rotatable bonds is 44. The fourth-order valence-corrected chi connectivity index (χ4v) is 8.79. The topological polar surface area (TPSA) is 205 Å². The van der Waals surface area contributed by atoms with E-state index in [0.29, 0.717) is 12.8 Å². The molecule has 1 fully saturated rings. The zero-order valence-electron chi connectivity index (χ0n) is 41.4. The van der Waals surface area contributed by atoms with Crippen LogP contribution in [0.1, 0.15) is 239 Å². The normalized spacial score (nSPS) is 19.8. The van der Waals surface area contributed by atoms with E-state index in [1.165, 1.54) is 154 Å². The SMILES string of the molecule is CCCCCCCCCCCCCCCCCCCC(=O)O[C@H](COC(=O)CCCCCCCCCCCCCCCCC)COP(=O)(O)O[C@@H]1O[C@H](COC(C)=O)[C@@H](O)[C@H](O)[C@H]1O.[Na]. The molecular formula is C49H93NaO14P. The Morgan fingerprint density at radius 2 is 0.892 bits per heavy atom. The molecule has 0 aromatic carbocycles. The minimum Gasteiger partial charge on any atom is -0.463 e. The molecule has 379 valence electrons. The Labute approximate surface area is 416 Å². The number of phosphoric ester groups is 1. The van der Waals surface area contributed by atoms with E-state index in [1.54, 1.807) is 0 Å². The number of aliphatic hydroxyl groups is 3. The van der Waals surface area contributed by atoms with Crippen LogP contribution in [0.25, 0.3) is 0 Å². The van der Waals surface area contributed by atoms with Gasteiger partial charge >= 0.3 is 25.7 Å². The number of carbonyl (C=O) groups excluding carboxylic acids is 3. The van der Waals surface area contributed by atoms with E-state index in [-0.39, 0.29) is 42.4 Å². The molecule has 0 saturated carbocycles. The first kappa shape index (κ1) is 64.4. The van der Waals surface area contributed by atoms with Gasteiger partial charge in [-0.2, -0.15) is 0 Å². The minimum atomic E-state index is -5.07. The van der Waals surface area contributed by atoms with E-state index < -0.39 is 82.4 Å². The quantitative estimate of drug-likeness (QED) is 0.0148. The zero-order chi connectivity index (χ0) is 47.1. The largest absolute Gasteiger partial charge is 0.474 e. The molecule has 1 heterocycles. The Morgan fingerprint density at radius 3 is 1.28 bits per heavy atom. The van der Waals surface area contributed by atoms with Gasteiger partial charge in [0.25, 0.3) is 0 Å². The molecule has 1 unspecified atom stereocenters. The van der Waals surface area contributed by atoms with Crippen molar-refractivity contribution in [1.29, 1.82) is 0 Å². The molecule has 0 amide bonds. The molecule has 0 spiro atoms. The van der Waals surface area contributed by atoms with E-state index in [0.717, 1.165) is 45.4 Å². The van der Waals surface area contributed by atoms with Gasteiger partial charge in [0.2, 0.25) is 0 Å². The Bertz CT molecular complexity index is 1200. The maximum absolute atomic E-state index is 13.0. The predicted octanol–water partition coefficient (Wildman–Crippen LogP) is 10.9. The fraction of sp³-hybridized carbons (Fsp3) is 0.939. The zero-order valence-corrected chi connectivity index (χ0v) is 44.3. The molecule has 14 nitrogen and oxygen atoms in total. The summed E-state index contributed by atoms with van der Waals surface area (Å²) in [5.41, 5.74) is 0. The van der Waals surface area contributed by atoms with Crippen molar-refractivity contribution in [3.8, 4) is 0 Å². The second-order valence-corrected chi connectivity index (χ2v) is 19.5. The molecule has 1 saturated heterocycles. The number of aliphatic hydroxyl groups excluding tert-OH is 3. The number of unbranched alkanes of at least 4 members (excludes halogenated alkanes) is 30. The van der Waals surface area contributed by atoms with Crippen molar-refractivity contribution in [2.45, 2.75) is 276 Å². The molecule has 7 atom stereocenters. The van der Waals surface area contributed by atoms with E-state index in [4.69, 9.17) is 28.0 Å². The summed E-state index contributed by atoms with van der Waals surface area (Å²) in [7, 11) is -5.07. The van der Waals surface area contributed by atoms with Crippen molar-refractivity contribution < 1.29 is 67.2 Å². The maximum Gasteiger partial charge on any atom is 0.474 e. The van der Waals surface area contributed by atoms with Crippen LogP contribution >= 0.6 is 7.82 Å². The first-order valence-electron chi connectivity index (χ1n) is 25.7.